The van der Waals surface area contributed by atoms with Gasteiger partial charge in [0.25, 0.3) is 0 Å². The Hall–Kier alpha value is -5.81. The van der Waals surface area contributed by atoms with Gasteiger partial charge in [0.05, 0.1) is 16.1 Å². The molecule has 2 unspecified atom stereocenters. The number of fused-ring (bicyclic) bond motifs is 6. The number of anilines is 5. The summed E-state index contributed by atoms with van der Waals surface area (Å²) in [7, 11) is 0. The first-order chi connectivity index (χ1) is 25.8. The van der Waals surface area contributed by atoms with Crippen molar-refractivity contribution in [3.8, 4) is 22.3 Å². The molecular formula is C48H34N2S2. The second kappa shape index (κ2) is 13.1. The van der Waals surface area contributed by atoms with E-state index in [9.17, 15) is 0 Å². The zero-order chi connectivity index (χ0) is 34.4. The maximum absolute atomic E-state index is 3.57. The summed E-state index contributed by atoms with van der Waals surface area (Å²) in [5, 5.41) is 6.62. The van der Waals surface area contributed by atoms with E-state index in [1.165, 1.54) is 64.3 Å². The molecule has 1 aromatic heterocycles. The largest absolute Gasteiger partial charge is 0.356 e. The Kier molecular flexibility index (Phi) is 7.78. The molecule has 0 bridgehead atoms. The minimum absolute atomic E-state index is 0.403. The minimum Gasteiger partial charge on any atom is -0.356 e. The monoisotopic (exact) mass is 702 g/mol. The van der Waals surface area contributed by atoms with Crippen LogP contribution >= 0.6 is 23.1 Å². The van der Waals surface area contributed by atoms with Crippen LogP contribution in [0.5, 0.6) is 0 Å². The molecule has 1 N–H and O–H groups in total. The molecule has 248 valence electrons. The third kappa shape index (κ3) is 5.52. The molecule has 0 spiro atoms. The second-order valence-corrected chi connectivity index (χ2v) is 15.6. The summed E-state index contributed by atoms with van der Waals surface area (Å²) in [4.78, 5) is 3.86. The van der Waals surface area contributed by atoms with E-state index in [4.69, 9.17) is 0 Å². The van der Waals surface area contributed by atoms with Gasteiger partial charge in [0, 0.05) is 48.6 Å². The Morgan fingerprint density at radius 1 is 0.481 bits per heavy atom. The summed E-state index contributed by atoms with van der Waals surface area (Å²) in [5.74, 6) is 0.403. The molecule has 1 aliphatic heterocycles. The van der Waals surface area contributed by atoms with E-state index in [0.717, 1.165) is 17.1 Å². The first-order valence-corrected chi connectivity index (χ1v) is 19.4. The van der Waals surface area contributed by atoms with Crippen LogP contribution in [0.1, 0.15) is 11.5 Å². The lowest BCUT2D eigenvalue weighted by Gasteiger charge is -2.28. The zero-order valence-corrected chi connectivity index (χ0v) is 29.9. The molecule has 10 rings (SSSR count). The molecule has 2 atom stereocenters. The van der Waals surface area contributed by atoms with Gasteiger partial charge in [-0.3, -0.25) is 0 Å². The van der Waals surface area contributed by atoms with Gasteiger partial charge in [-0.25, -0.2) is 0 Å². The highest BCUT2D eigenvalue weighted by molar-refractivity contribution is 8.00. The van der Waals surface area contributed by atoms with Crippen molar-refractivity contribution < 1.29 is 0 Å². The molecule has 0 amide bonds. The molecule has 0 saturated heterocycles. The van der Waals surface area contributed by atoms with Crippen LogP contribution in [0.15, 0.2) is 193 Å². The molecule has 7 aromatic carbocycles. The fourth-order valence-corrected chi connectivity index (χ4v) is 10.3. The Bertz CT molecular complexity index is 2620. The molecule has 0 radical (unpaired) electrons. The number of benzene rings is 7. The number of nitrogens with one attached hydrogen (secondary N) is 1. The van der Waals surface area contributed by atoms with Gasteiger partial charge in [0.15, 0.2) is 0 Å². The lowest BCUT2D eigenvalue weighted by molar-refractivity contribution is 0.880. The van der Waals surface area contributed by atoms with E-state index in [1.807, 2.05) is 23.1 Å². The molecule has 1 aliphatic carbocycles. The standard InChI is InChI=1S/C48H34N2S2/c1-2-10-32(11-3-1)33-20-26-36(27-21-33)49-37-28-22-34(23-29-37)35-24-30-38(31-25-35)50(43-16-8-14-41-39-12-4-6-18-45(39)51-47(41)43)44-17-9-15-42-40-13-5-7-19-46(40)52-48(42)44/h1-31,39,45,49H. The fraction of sp³-hybridized carbons (Fsp3) is 0.0417. The van der Waals surface area contributed by atoms with E-state index < -0.39 is 0 Å². The highest BCUT2D eigenvalue weighted by Gasteiger charge is 2.34. The number of hydrogen-bond acceptors (Lipinski definition) is 4. The molecule has 2 heterocycles. The number of thioether (sulfide) groups is 1. The van der Waals surface area contributed by atoms with Gasteiger partial charge in [-0.05, 0) is 82.4 Å². The average molecular weight is 703 g/mol. The number of nitrogens with zero attached hydrogens (tertiary/aromatic N) is 1. The summed E-state index contributed by atoms with van der Waals surface area (Å²) in [6.07, 6.45) is 9.11. The number of allylic oxidation sites excluding steroid dienone is 3. The molecule has 4 heteroatoms. The third-order valence-corrected chi connectivity index (χ3v) is 12.8. The maximum Gasteiger partial charge on any atom is 0.0640 e. The van der Waals surface area contributed by atoms with Crippen molar-refractivity contribution >= 4 is 71.7 Å². The molecule has 2 aliphatic rings. The smallest absolute Gasteiger partial charge is 0.0640 e. The lowest BCUT2D eigenvalue weighted by Crippen LogP contribution is -2.11. The van der Waals surface area contributed by atoms with Gasteiger partial charge >= 0.3 is 0 Å². The topological polar surface area (TPSA) is 15.3 Å². The highest BCUT2D eigenvalue weighted by Crippen LogP contribution is 2.55. The Morgan fingerprint density at radius 3 is 1.83 bits per heavy atom. The molecular weight excluding hydrogens is 669 g/mol. The Balaban J connectivity index is 0.988. The summed E-state index contributed by atoms with van der Waals surface area (Å²) >= 11 is 3.88. The van der Waals surface area contributed by atoms with Gasteiger partial charge in [-0.15, -0.1) is 23.1 Å². The van der Waals surface area contributed by atoms with E-state index in [-0.39, 0.29) is 0 Å². The molecule has 0 fully saturated rings. The van der Waals surface area contributed by atoms with Crippen molar-refractivity contribution in [2.45, 2.75) is 16.1 Å². The van der Waals surface area contributed by atoms with Gasteiger partial charge in [-0.1, -0.05) is 133 Å². The molecule has 8 aromatic rings. The molecule has 52 heavy (non-hydrogen) atoms. The predicted octanol–water partition coefficient (Wildman–Crippen LogP) is 14.3. The summed E-state index contributed by atoms with van der Waals surface area (Å²) in [5.41, 5.74) is 12.0. The SMILES string of the molecule is C1=CC2Sc3c(cccc3N(c3ccc(-c4ccc(Nc5ccc(-c6ccccc6)cc5)cc4)cc3)c3cccc4c3sc3ccccc34)C2C=C1. The maximum atomic E-state index is 3.57. The summed E-state index contributed by atoms with van der Waals surface area (Å²) in [6.45, 7) is 0. The predicted molar refractivity (Wildman–Crippen MR) is 225 cm³/mol. The van der Waals surface area contributed by atoms with Crippen molar-refractivity contribution in [1.29, 1.82) is 0 Å². The third-order valence-electron chi connectivity index (χ3n) is 10.2. The normalized spacial score (nSPS) is 15.8. The lowest BCUT2D eigenvalue weighted by atomic mass is 9.92. The van der Waals surface area contributed by atoms with Gasteiger partial charge < -0.3 is 10.2 Å². The summed E-state index contributed by atoms with van der Waals surface area (Å²) in [6, 6.07) is 59.4. The molecule has 2 nitrogen and oxygen atoms in total. The average Bonchev–Trinajstić information content (AvgIpc) is 3.79. The van der Waals surface area contributed by atoms with Crippen LogP contribution in [0, 0.1) is 0 Å². The van der Waals surface area contributed by atoms with Crippen molar-refractivity contribution in [3.05, 3.63) is 194 Å². The van der Waals surface area contributed by atoms with Crippen molar-refractivity contribution in [2.75, 3.05) is 10.2 Å². The highest BCUT2D eigenvalue weighted by atomic mass is 32.2. The zero-order valence-electron chi connectivity index (χ0n) is 28.3. The van der Waals surface area contributed by atoms with E-state index >= 15 is 0 Å². The van der Waals surface area contributed by atoms with Gasteiger partial charge in [0.1, 0.15) is 0 Å². The van der Waals surface area contributed by atoms with Crippen molar-refractivity contribution in [2.24, 2.45) is 0 Å². The van der Waals surface area contributed by atoms with Crippen LogP contribution in [0.25, 0.3) is 42.4 Å². The Labute approximate surface area is 312 Å². The number of thiophene rings is 1. The van der Waals surface area contributed by atoms with Gasteiger partial charge in [0.2, 0.25) is 0 Å². The number of rotatable bonds is 7. The summed E-state index contributed by atoms with van der Waals surface area (Å²) < 4.78 is 2.62. The van der Waals surface area contributed by atoms with Crippen molar-refractivity contribution in [3.63, 3.8) is 0 Å². The van der Waals surface area contributed by atoms with Crippen LogP contribution in [-0.2, 0) is 0 Å². The van der Waals surface area contributed by atoms with E-state index in [0.29, 0.717) is 11.2 Å². The van der Waals surface area contributed by atoms with Crippen LogP contribution < -0.4 is 10.2 Å². The second-order valence-electron chi connectivity index (χ2n) is 13.4. The van der Waals surface area contributed by atoms with Crippen LogP contribution in [0.2, 0.25) is 0 Å². The first-order valence-electron chi connectivity index (χ1n) is 17.7. The van der Waals surface area contributed by atoms with Gasteiger partial charge in [-0.2, -0.15) is 0 Å². The van der Waals surface area contributed by atoms with Crippen LogP contribution in [0.4, 0.5) is 28.4 Å². The fourth-order valence-electron chi connectivity index (χ4n) is 7.63. The minimum atomic E-state index is 0.403. The quantitative estimate of drug-likeness (QED) is 0.178. The van der Waals surface area contributed by atoms with Crippen LogP contribution in [0.3, 0.4) is 0 Å². The molecule has 0 saturated carbocycles. The number of hydrogen-bond donors (Lipinski definition) is 1. The van der Waals surface area contributed by atoms with E-state index in [1.54, 1.807) is 0 Å². The first kappa shape index (κ1) is 31.0. The Morgan fingerprint density at radius 2 is 1.08 bits per heavy atom. The van der Waals surface area contributed by atoms with Crippen molar-refractivity contribution in [1.82, 2.24) is 0 Å². The van der Waals surface area contributed by atoms with Crippen LogP contribution in [-0.4, -0.2) is 5.25 Å². The van der Waals surface area contributed by atoms with E-state index in [2.05, 4.69) is 198 Å².